The number of nitrogens with one attached hydrogen (secondary N) is 2. The molecular weight excluding hydrogens is 394 g/mol. The van der Waals surface area contributed by atoms with Crippen LogP contribution in [0.2, 0.25) is 0 Å². The van der Waals surface area contributed by atoms with Crippen LogP contribution in [-0.2, 0) is 19.1 Å². The van der Waals surface area contributed by atoms with Crippen LogP contribution in [0.25, 0.3) is 0 Å². The maximum atomic E-state index is 12.8. The number of anilines is 1. The third kappa shape index (κ3) is 4.39. The molecule has 8 nitrogen and oxygen atoms in total. The largest absolute Gasteiger partial charge is 0.454 e. The SMILES string of the molecule is CSc1ccccc1NC(=O)COC(=O)CN1C(=O)N[C@@]2(CCCC[C@@H]2C)C1=O. The van der Waals surface area contributed by atoms with E-state index in [0.717, 1.165) is 29.1 Å². The van der Waals surface area contributed by atoms with Gasteiger partial charge in [0, 0.05) is 4.90 Å². The standard InChI is InChI=1S/C20H25N3O5S/c1-13-7-5-6-10-20(13)18(26)23(19(27)22-20)11-17(25)28-12-16(24)21-14-8-3-4-9-15(14)29-2/h3-4,8-9,13H,5-7,10-12H2,1-2H3,(H,21,24)(H,22,27)/t13-,20+/m0/s1. The third-order valence-electron chi connectivity index (χ3n) is 5.53. The molecule has 0 radical (unpaired) electrons. The van der Waals surface area contributed by atoms with Gasteiger partial charge in [0.2, 0.25) is 0 Å². The molecule has 0 aromatic heterocycles. The van der Waals surface area contributed by atoms with Crippen molar-refractivity contribution in [3.8, 4) is 0 Å². The third-order valence-corrected chi connectivity index (χ3v) is 6.33. The normalized spacial score (nSPS) is 23.8. The van der Waals surface area contributed by atoms with Crippen molar-refractivity contribution in [3.63, 3.8) is 0 Å². The van der Waals surface area contributed by atoms with E-state index in [-0.39, 0.29) is 11.8 Å². The fourth-order valence-corrected chi connectivity index (χ4v) is 4.45. The summed E-state index contributed by atoms with van der Waals surface area (Å²) in [6.45, 7) is 0.941. The van der Waals surface area contributed by atoms with Crippen molar-refractivity contribution in [2.24, 2.45) is 5.92 Å². The first-order chi connectivity index (χ1) is 13.9. The number of rotatable bonds is 6. The van der Waals surface area contributed by atoms with Crippen LogP contribution in [0.15, 0.2) is 29.2 Å². The lowest BCUT2D eigenvalue weighted by molar-refractivity contribution is -0.150. The summed E-state index contributed by atoms with van der Waals surface area (Å²) in [5.74, 6) is -1.67. The molecule has 1 heterocycles. The average Bonchev–Trinajstić information content (AvgIpc) is 2.94. The summed E-state index contributed by atoms with van der Waals surface area (Å²) in [5, 5.41) is 5.47. The molecule has 4 amide bonds. The molecular formula is C20H25N3O5S. The maximum absolute atomic E-state index is 12.8. The smallest absolute Gasteiger partial charge is 0.326 e. The molecule has 1 aromatic rings. The van der Waals surface area contributed by atoms with Crippen LogP contribution in [0.1, 0.15) is 32.6 Å². The van der Waals surface area contributed by atoms with Gasteiger partial charge >= 0.3 is 12.0 Å². The van der Waals surface area contributed by atoms with Crippen molar-refractivity contribution in [1.29, 1.82) is 0 Å². The minimum Gasteiger partial charge on any atom is -0.454 e. The molecule has 1 aliphatic carbocycles. The second kappa shape index (κ2) is 8.86. The van der Waals surface area contributed by atoms with Gasteiger partial charge in [-0.1, -0.05) is 31.9 Å². The molecule has 29 heavy (non-hydrogen) atoms. The van der Waals surface area contributed by atoms with Gasteiger partial charge in [-0.15, -0.1) is 11.8 Å². The Morgan fingerprint density at radius 2 is 2.07 bits per heavy atom. The van der Waals surface area contributed by atoms with Crippen LogP contribution in [0.4, 0.5) is 10.5 Å². The Balaban J connectivity index is 1.53. The molecule has 2 aliphatic rings. The number of hydrogen-bond acceptors (Lipinski definition) is 6. The Labute approximate surface area is 173 Å². The summed E-state index contributed by atoms with van der Waals surface area (Å²) in [4.78, 5) is 51.1. The fourth-order valence-electron chi connectivity index (χ4n) is 3.89. The summed E-state index contributed by atoms with van der Waals surface area (Å²) in [7, 11) is 0. The van der Waals surface area contributed by atoms with Gasteiger partial charge in [-0.3, -0.25) is 19.3 Å². The summed E-state index contributed by atoms with van der Waals surface area (Å²) < 4.78 is 4.98. The molecule has 1 aliphatic heterocycles. The molecule has 156 valence electrons. The molecule has 2 N–H and O–H groups in total. The monoisotopic (exact) mass is 419 g/mol. The number of para-hydroxylation sites is 1. The van der Waals surface area contributed by atoms with Gasteiger partial charge in [-0.05, 0) is 37.1 Å². The van der Waals surface area contributed by atoms with Gasteiger partial charge in [0.1, 0.15) is 12.1 Å². The molecule has 0 unspecified atom stereocenters. The van der Waals surface area contributed by atoms with Gasteiger partial charge in [0.15, 0.2) is 6.61 Å². The summed E-state index contributed by atoms with van der Waals surface area (Å²) >= 11 is 1.48. The molecule has 9 heteroatoms. The zero-order chi connectivity index (χ0) is 21.0. The van der Waals surface area contributed by atoms with Crippen molar-refractivity contribution < 1.29 is 23.9 Å². The van der Waals surface area contributed by atoms with Crippen LogP contribution >= 0.6 is 11.8 Å². The number of thioether (sulfide) groups is 1. The number of urea groups is 1. The molecule has 3 rings (SSSR count). The van der Waals surface area contributed by atoms with E-state index in [0.29, 0.717) is 12.1 Å². The molecule has 2 fully saturated rings. The van der Waals surface area contributed by atoms with E-state index in [1.807, 2.05) is 25.3 Å². The predicted octanol–water partition coefficient (Wildman–Crippen LogP) is 2.39. The summed E-state index contributed by atoms with van der Waals surface area (Å²) in [6, 6.07) is 6.69. The molecule has 1 saturated carbocycles. The zero-order valence-corrected chi connectivity index (χ0v) is 17.3. The topological polar surface area (TPSA) is 105 Å². The van der Waals surface area contributed by atoms with Crippen LogP contribution in [0.5, 0.6) is 0 Å². The number of hydrogen-bond donors (Lipinski definition) is 2. The Bertz CT molecular complexity index is 830. The van der Waals surface area contributed by atoms with Crippen molar-refractivity contribution in [1.82, 2.24) is 10.2 Å². The Morgan fingerprint density at radius 1 is 1.31 bits per heavy atom. The number of esters is 1. The van der Waals surface area contributed by atoms with Crippen molar-refractivity contribution in [2.75, 3.05) is 24.7 Å². The molecule has 1 aromatic carbocycles. The second-order valence-corrected chi connectivity index (χ2v) is 8.20. The first kappa shape index (κ1) is 21.2. The lowest BCUT2D eigenvalue weighted by Crippen LogP contribution is -2.54. The van der Waals surface area contributed by atoms with E-state index in [1.165, 1.54) is 11.8 Å². The van der Waals surface area contributed by atoms with E-state index in [1.54, 1.807) is 12.1 Å². The van der Waals surface area contributed by atoms with Crippen LogP contribution in [-0.4, -0.2) is 53.7 Å². The predicted molar refractivity (Wildman–Crippen MR) is 108 cm³/mol. The lowest BCUT2D eigenvalue weighted by atomic mass is 9.73. The Kier molecular flexibility index (Phi) is 6.46. The van der Waals surface area contributed by atoms with E-state index < -0.39 is 36.6 Å². The molecule has 1 saturated heterocycles. The summed E-state index contributed by atoms with van der Waals surface area (Å²) in [6.07, 6.45) is 5.18. The highest BCUT2D eigenvalue weighted by atomic mass is 32.2. The second-order valence-electron chi connectivity index (χ2n) is 7.35. The number of nitrogens with zero attached hydrogens (tertiary/aromatic N) is 1. The van der Waals surface area contributed by atoms with Crippen molar-refractivity contribution in [2.45, 2.75) is 43.0 Å². The average molecular weight is 420 g/mol. The highest BCUT2D eigenvalue weighted by Gasteiger charge is 2.55. The molecule has 2 atom stereocenters. The van der Waals surface area contributed by atoms with E-state index in [9.17, 15) is 19.2 Å². The number of benzene rings is 1. The lowest BCUT2D eigenvalue weighted by Gasteiger charge is -2.36. The Hall–Kier alpha value is -2.55. The van der Waals surface area contributed by atoms with Gasteiger partial charge in [-0.25, -0.2) is 4.79 Å². The van der Waals surface area contributed by atoms with Gasteiger partial charge in [0.25, 0.3) is 11.8 Å². The highest BCUT2D eigenvalue weighted by Crippen LogP contribution is 2.38. The van der Waals surface area contributed by atoms with Crippen LogP contribution in [0.3, 0.4) is 0 Å². The molecule has 1 spiro atoms. The first-order valence-corrected chi connectivity index (χ1v) is 10.8. The van der Waals surface area contributed by atoms with E-state index in [2.05, 4.69) is 10.6 Å². The van der Waals surface area contributed by atoms with E-state index >= 15 is 0 Å². The van der Waals surface area contributed by atoms with Gasteiger partial charge in [0.05, 0.1) is 5.69 Å². The number of carbonyl (C=O) groups is 4. The number of amides is 4. The maximum Gasteiger partial charge on any atom is 0.326 e. The summed E-state index contributed by atoms with van der Waals surface area (Å²) in [5.41, 5.74) is -0.294. The zero-order valence-electron chi connectivity index (χ0n) is 16.5. The van der Waals surface area contributed by atoms with E-state index in [4.69, 9.17) is 4.74 Å². The highest BCUT2D eigenvalue weighted by molar-refractivity contribution is 7.98. The van der Waals surface area contributed by atoms with Crippen molar-refractivity contribution >= 4 is 41.3 Å². The van der Waals surface area contributed by atoms with Crippen LogP contribution in [0, 0.1) is 5.92 Å². The number of ether oxygens (including phenoxy) is 1. The van der Waals surface area contributed by atoms with Gasteiger partial charge < -0.3 is 15.4 Å². The quantitative estimate of drug-likeness (QED) is 0.417. The first-order valence-electron chi connectivity index (χ1n) is 9.60. The van der Waals surface area contributed by atoms with Crippen LogP contribution < -0.4 is 10.6 Å². The molecule has 0 bridgehead atoms. The Morgan fingerprint density at radius 3 is 2.79 bits per heavy atom. The minimum atomic E-state index is -0.922. The fraction of sp³-hybridized carbons (Fsp3) is 0.500. The number of carbonyl (C=O) groups excluding carboxylic acids is 4. The van der Waals surface area contributed by atoms with Crippen molar-refractivity contribution in [3.05, 3.63) is 24.3 Å². The minimum absolute atomic E-state index is 0.0102. The van der Waals surface area contributed by atoms with Gasteiger partial charge in [-0.2, -0.15) is 0 Å². The number of imide groups is 1.